The van der Waals surface area contributed by atoms with E-state index in [0.29, 0.717) is 17.1 Å². The van der Waals surface area contributed by atoms with Crippen molar-refractivity contribution in [2.24, 2.45) is 0 Å². The summed E-state index contributed by atoms with van der Waals surface area (Å²) >= 11 is 0. The highest BCUT2D eigenvalue weighted by Gasteiger charge is 2.30. The van der Waals surface area contributed by atoms with Crippen LogP contribution in [0.1, 0.15) is 5.56 Å². The number of nitrogens with two attached hydrogens (primary N) is 1. The summed E-state index contributed by atoms with van der Waals surface area (Å²) in [5.74, 6) is 0.514. The van der Waals surface area contributed by atoms with Crippen molar-refractivity contribution < 1.29 is 13.2 Å². The van der Waals surface area contributed by atoms with Gasteiger partial charge in [0.2, 0.25) is 0 Å². The van der Waals surface area contributed by atoms with Crippen LogP contribution in [0.15, 0.2) is 54.7 Å². The van der Waals surface area contributed by atoms with Crippen molar-refractivity contribution in [3.63, 3.8) is 0 Å². The number of rotatable bonds is 2. The number of hydrogen-bond acceptors (Lipinski definition) is 2. The lowest BCUT2D eigenvalue weighted by molar-refractivity contribution is -0.137. The highest BCUT2D eigenvalue weighted by Crippen LogP contribution is 2.31. The summed E-state index contributed by atoms with van der Waals surface area (Å²) in [7, 11) is 0. The van der Waals surface area contributed by atoms with Crippen molar-refractivity contribution in [1.82, 2.24) is 9.97 Å². The first kappa shape index (κ1) is 14.2. The predicted molar refractivity (Wildman–Crippen MR) is 78.9 cm³/mol. The van der Waals surface area contributed by atoms with Crippen LogP contribution in [0.3, 0.4) is 0 Å². The summed E-state index contributed by atoms with van der Waals surface area (Å²) < 4.78 is 37.6. The molecule has 1 aromatic heterocycles. The summed E-state index contributed by atoms with van der Waals surface area (Å²) in [6.45, 7) is 0. The largest absolute Gasteiger partial charge is 0.416 e. The Hall–Kier alpha value is -2.76. The van der Waals surface area contributed by atoms with Crippen molar-refractivity contribution in [2.75, 3.05) is 5.73 Å². The molecular formula is C16H12F3N3. The van der Waals surface area contributed by atoms with Gasteiger partial charge in [-0.15, -0.1) is 0 Å². The molecule has 112 valence electrons. The Bertz CT molecular complexity index is 772. The molecule has 3 nitrogen and oxygen atoms in total. The van der Waals surface area contributed by atoms with E-state index in [4.69, 9.17) is 5.73 Å². The third-order valence-corrected chi connectivity index (χ3v) is 3.28. The molecule has 0 saturated heterocycles. The van der Waals surface area contributed by atoms with E-state index in [0.717, 1.165) is 23.4 Å². The predicted octanol–water partition coefficient (Wildman–Crippen LogP) is 4.34. The zero-order chi connectivity index (χ0) is 15.7. The van der Waals surface area contributed by atoms with Crippen LogP contribution in [0.4, 0.5) is 18.9 Å². The van der Waals surface area contributed by atoms with E-state index in [1.54, 1.807) is 18.3 Å². The van der Waals surface area contributed by atoms with Crippen LogP contribution in [-0.2, 0) is 6.18 Å². The number of nitrogen functional groups attached to an aromatic ring is 1. The van der Waals surface area contributed by atoms with Crippen molar-refractivity contribution in [3.05, 3.63) is 60.3 Å². The molecule has 3 rings (SSSR count). The van der Waals surface area contributed by atoms with Gasteiger partial charge in [0.25, 0.3) is 0 Å². The molecule has 0 radical (unpaired) electrons. The van der Waals surface area contributed by atoms with Crippen molar-refractivity contribution in [3.8, 4) is 22.6 Å². The lowest BCUT2D eigenvalue weighted by atomic mass is 10.1. The van der Waals surface area contributed by atoms with E-state index < -0.39 is 11.7 Å². The van der Waals surface area contributed by atoms with Gasteiger partial charge in [0.15, 0.2) is 0 Å². The second kappa shape index (κ2) is 5.22. The number of nitrogens with one attached hydrogen (secondary N) is 1. The molecule has 0 fully saturated rings. The monoisotopic (exact) mass is 303 g/mol. The standard InChI is InChI=1S/C16H12F3N3/c17-16(18,19)12-5-1-11(2-6-12)15-21-9-14(22-15)10-3-7-13(20)8-4-10/h1-9H,20H2,(H,21,22). The first-order valence-corrected chi connectivity index (χ1v) is 6.52. The number of benzene rings is 2. The van der Waals surface area contributed by atoms with Crippen LogP contribution in [0.5, 0.6) is 0 Å². The SMILES string of the molecule is Nc1ccc(-c2cnc(-c3ccc(C(F)(F)F)cc3)[nH]2)cc1. The summed E-state index contributed by atoms with van der Waals surface area (Å²) in [5, 5.41) is 0. The molecule has 0 unspecified atom stereocenters. The Balaban J connectivity index is 1.89. The molecule has 0 amide bonds. The number of H-pyrrole nitrogens is 1. The Morgan fingerprint density at radius 1 is 0.864 bits per heavy atom. The summed E-state index contributed by atoms with van der Waals surface area (Å²) in [4.78, 5) is 7.30. The third-order valence-electron chi connectivity index (χ3n) is 3.28. The van der Waals surface area contributed by atoms with E-state index in [9.17, 15) is 13.2 Å². The Morgan fingerprint density at radius 3 is 2.05 bits per heavy atom. The number of nitrogens with zero attached hydrogens (tertiary/aromatic N) is 1. The average molecular weight is 303 g/mol. The van der Waals surface area contributed by atoms with E-state index in [1.807, 2.05) is 12.1 Å². The zero-order valence-corrected chi connectivity index (χ0v) is 11.4. The molecular weight excluding hydrogens is 291 g/mol. The molecule has 0 aliphatic rings. The average Bonchev–Trinajstić information content (AvgIpc) is 2.97. The minimum absolute atomic E-state index is 0.514. The van der Waals surface area contributed by atoms with Crippen LogP contribution in [0, 0.1) is 0 Å². The quantitative estimate of drug-likeness (QED) is 0.692. The van der Waals surface area contributed by atoms with E-state index >= 15 is 0 Å². The molecule has 1 heterocycles. The summed E-state index contributed by atoms with van der Waals surface area (Å²) in [5.41, 5.74) is 7.88. The first-order valence-electron chi connectivity index (χ1n) is 6.52. The number of alkyl halides is 3. The molecule has 0 aliphatic heterocycles. The van der Waals surface area contributed by atoms with Gasteiger partial charge in [-0.2, -0.15) is 13.2 Å². The van der Waals surface area contributed by atoms with Gasteiger partial charge in [-0.1, -0.05) is 24.3 Å². The Labute approximate surface area is 124 Å². The molecule has 22 heavy (non-hydrogen) atoms. The maximum Gasteiger partial charge on any atom is 0.416 e. The molecule has 0 bridgehead atoms. The molecule has 0 spiro atoms. The normalized spacial score (nSPS) is 11.6. The molecule has 3 aromatic rings. The van der Waals surface area contributed by atoms with Crippen LogP contribution in [0.2, 0.25) is 0 Å². The lowest BCUT2D eigenvalue weighted by Crippen LogP contribution is -2.04. The van der Waals surface area contributed by atoms with Gasteiger partial charge in [0.05, 0.1) is 17.5 Å². The van der Waals surface area contributed by atoms with Gasteiger partial charge in [-0.3, -0.25) is 0 Å². The van der Waals surface area contributed by atoms with E-state index in [-0.39, 0.29) is 0 Å². The van der Waals surface area contributed by atoms with Gasteiger partial charge in [0.1, 0.15) is 5.82 Å². The minimum Gasteiger partial charge on any atom is -0.399 e. The highest BCUT2D eigenvalue weighted by atomic mass is 19.4. The van der Waals surface area contributed by atoms with Gasteiger partial charge in [0, 0.05) is 11.3 Å². The Kier molecular flexibility index (Phi) is 3.36. The molecule has 3 N–H and O–H groups in total. The number of anilines is 1. The molecule has 0 saturated carbocycles. The van der Waals surface area contributed by atoms with E-state index in [2.05, 4.69) is 9.97 Å². The zero-order valence-electron chi connectivity index (χ0n) is 11.4. The fraction of sp³-hybridized carbons (Fsp3) is 0.0625. The van der Waals surface area contributed by atoms with Gasteiger partial charge in [-0.25, -0.2) is 4.98 Å². The summed E-state index contributed by atoms with van der Waals surface area (Å²) in [6, 6.07) is 12.1. The minimum atomic E-state index is -4.34. The molecule has 0 atom stereocenters. The third kappa shape index (κ3) is 2.81. The molecule has 0 aliphatic carbocycles. The van der Waals surface area contributed by atoms with Crippen molar-refractivity contribution in [2.45, 2.75) is 6.18 Å². The Morgan fingerprint density at radius 2 is 1.45 bits per heavy atom. The van der Waals surface area contributed by atoms with Crippen molar-refractivity contribution >= 4 is 5.69 Å². The highest BCUT2D eigenvalue weighted by molar-refractivity contribution is 5.66. The van der Waals surface area contributed by atoms with Crippen LogP contribution in [0.25, 0.3) is 22.6 Å². The maximum absolute atomic E-state index is 12.5. The molecule has 2 aromatic carbocycles. The topological polar surface area (TPSA) is 54.7 Å². The molecule has 6 heteroatoms. The van der Waals surface area contributed by atoms with Gasteiger partial charge in [-0.05, 0) is 29.8 Å². The van der Waals surface area contributed by atoms with E-state index in [1.165, 1.54) is 12.1 Å². The van der Waals surface area contributed by atoms with Gasteiger partial charge >= 0.3 is 6.18 Å². The van der Waals surface area contributed by atoms with Crippen LogP contribution < -0.4 is 5.73 Å². The number of aromatic nitrogens is 2. The second-order valence-electron chi connectivity index (χ2n) is 4.84. The van der Waals surface area contributed by atoms with Crippen molar-refractivity contribution in [1.29, 1.82) is 0 Å². The second-order valence-corrected chi connectivity index (χ2v) is 4.84. The fourth-order valence-corrected chi connectivity index (χ4v) is 2.09. The lowest BCUT2D eigenvalue weighted by Gasteiger charge is -2.06. The summed E-state index contributed by atoms with van der Waals surface area (Å²) in [6.07, 6.45) is -2.70. The maximum atomic E-state index is 12.5. The number of aromatic amines is 1. The number of halogens is 3. The number of hydrogen-bond donors (Lipinski definition) is 2. The van der Waals surface area contributed by atoms with Gasteiger partial charge < -0.3 is 10.7 Å². The van der Waals surface area contributed by atoms with Crippen LogP contribution in [-0.4, -0.2) is 9.97 Å². The number of imidazole rings is 1. The smallest absolute Gasteiger partial charge is 0.399 e. The van der Waals surface area contributed by atoms with Crippen LogP contribution >= 0.6 is 0 Å². The fourth-order valence-electron chi connectivity index (χ4n) is 2.09. The first-order chi connectivity index (χ1) is 10.4.